The Balaban J connectivity index is 0.000000202. The van der Waals surface area contributed by atoms with Gasteiger partial charge in [0.1, 0.15) is 6.61 Å². The van der Waals surface area contributed by atoms with E-state index in [1.165, 1.54) is 6.07 Å². The molecule has 1 aromatic rings. The molecule has 0 saturated heterocycles. The van der Waals surface area contributed by atoms with Crippen LogP contribution in [0.1, 0.15) is 11.1 Å². The van der Waals surface area contributed by atoms with Gasteiger partial charge in [-0.05, 0) is 13.0 Å². The van der Waals surface area contributed by atoms with Gasteiger partial charge in [-0.15, -0.1) is 0 Å². The van der Waals surface area contributed by atoms with Crippen molar-refractivity contribution in [3.05, 3.63) is 35.4 Å². The topological polar surface area (TPSA) is 47.6 Å². The normalized spacial score (nSPS) is 14.5. The summed E-state index contributed by atoms with van der Waals surface area (Å²) in [4.78, 5) is 3.71. The van der Waals surface area contributed by atoms with E-state index in [1.807, 2.05) is 0 Å². The molecule has 0 aromatic heterocycles. The largest absolute Gasteiger partial charge is 0.463 e. The summed E-state index contributed by atoms with van der Waals surface area (Å²) >= 11 is 0. The fraction of sp³-hybridized carbons (Fsp3) is 0.364. The molecular formula is C11H13F3N2O. The van der Waals surface area contributed by atoms with Gasteiger partial charge in [0.15, 0.2) is 0 Å². The predicted octanol–water partition coefficient (Wildman–Crippen LogP) is 2.35. The predicted molar refractivity (Wildman–Crippen MR) is 58.6 cm³/mol. The molecule has 1 aliphatic heterocycles. The molecule has 0 amide bonds. The summed E-state index contributed by atoms with van der Waals surface area (Å²) < 4.78 is 40.6. The van der Waals surface area contributed by atoms with Crippen molar-refractivity contribution in [1.29, 1.82) is 0 Å². The molecule has 6 heteroatoms. The molecule has 0 radical (unpaired) electrons. The second-order valence-electron chi connectivity index (χ2n) is 3.44. The van der Waals surface area contributed by atoms with Crippen LogP contribution in [0.15, 0.2) is 29.3 Å². The monoisotopic (exact) mass is 246 g/mol. The van der Waals surface area contributed by atoms with Crippen LogP contribution in [-0.4, -0.2) is 19.2 Å². The molecule has 0 unspecified atom stereocenters. The second-order valence-corrected chi connectivity index (χ2v) is 3.44. The summed E-state index contributed by atoms with van der Waals surface area (Å²) in [5.41, 5.74) is 5.10. The molecule has 2 rings (SSSR count). The summed E-state index contributed by atoms with van der Waals surface area (Å²) in [5.74, 6) is 0. The zero-order chi connectivity index (χ0) is 12.9. The van der Waals surface area contributed by atoms with E-state index in [4.69, 9.17) is 5.73 Å². The Morgan fingerprint density at radius 1 is 1.35 bits per heavy atom. The van der Waals surface area contributed by atoms with Crippen LogP contribution in [0.5, 0.6) is 0 Å². The van der Waals surface area contributed by atoms with Crippen molar-refractivity contribution < 1.29 is 17.9 Å². The number of nitrogens with zero attached hydrogens (tertiary/aromatic N) is 1. The first-order valence-corrected chi connectivity index (χ1v) is 4.96. The molecule has 94 valence electrons. The van der Waals surface area contributed by atoms with Crippen LogP contribution in [0.4, 0.5) is 13.2 Å². The maximum atomic E-state index is 12.0. The number of rotatable bonds is 0. The molecule has 0 atom stereocenters. The third-order valence-electron chi connectivity index (χ3n) is 1.95. The summed E-state index contributed by atoms with van der Waals surface area (Å²) in [7, 11) is 0. The van der Waals surface area contributed by atoms with E-state index >= 15 is 0 Å². The lowest BCUT2D eigenvalue weighted by Crippen LogP contribution is -2.10. The number of ether oxygens (including phenoxy) is 1. The zero-order valence-electron chi connectivity index (χ0n) is 9.29. The van der Waals surface area contributed by atoms with Crippen LogP contribution in [0.2, 0.25) is 0 Å². The van der Waals surface area contributed by atoms with Crippen LogP contribution >= 0.6 is 0 Å². The third-order valence-corrected chi connectivity index (χ3v) is 1.95. The number of hydrogen-bond acceptors (Lipinski definition) is 3. The number of alkyl halides is 3. The van der Waals surface area contributed by atoms with Crippen molar-refractivity contribution in [1.82, 2.24) is 0 Å². The van der Waals surface area contributed by atoms with Crippen LogP contribution in [0, 0.1) is 6.92 Å². The lowest BCUT2D eigenvalue weighted by Gasteiger charge is -2.05. The Kier molecular flexibility index (Phi) is 4.37. The van der Waals surface area contributed by atoms with Gasteiger partial charge in [0.05, 0.1) is 12.1 Å². The first kappa shape index (κ1) is 13.3. The maximum Gasteiger partial charge on any atom is 0.416 e. The number of aryl methyl sites for hydroxylation is 1. The Labute approximate surface area is 97.1 Å². The van der Waals surface area contributed by atoms with Crippen LogP contribution in [-0.2, 0) is 10.9 Å². The Bertz CT molecular complexity index is 402. The number of nitrogens with two attached hydrogens (primary N) is 1. The fourth-order valence-corrected chi connectivity index (χ4v) is 1.17. The molecule has 0 fully saturated rings. The van der Waals surface area contributed by atoms with Crippen molar-refractivity contribution in [2.45, 2.75) is 13.1 Å². The average Bonchev–Trinajstić information content (AvgIpc) is 2.69. The lowest BCUT2D eigenvalue weighted by molar-refractivity contribution is -0.137. The molecule has 0 bridgehead atoms. The second kappa shape index (κ2) is 5.56. The number of halogens is 3. The van der Waals surface area contributed by atoms with Gasteiger partial charge >= 0.3 is 6.18 Å². The molecule has 2 N–H and O–H groups in total. The van der Waals surface area contributed by atoms with Crippen molar-refractivity contribution in [3.8, 4) is 0 Å². The van der Waals surface area contributed by atoms with Gasteiger partial charge in [-0.2, -0.15) is 13.2 Å². The fourth-order valence-electron chi connectivity index (χ4n) is 1.17. The minimum Gasteiger partial charge on any atom is -0.463 e. The first-order chi connectivity index (χ1) is 7.89. The van der Waals surface area contributed by atoms with Crippen molar-refractivity contribution in [2.24, 2.45) is 10.7 Å². The summed E-state index contributed by atoms with van der Waals surface area (Å²) in [6.07, 6.45) is -4.22. The maximum absolute atomic E-state index is 12.0. The van der Waals surface area contributed by atoms with E-state index in [1.54, 1.807) is 13.0 Å². The van der Waals surface area contributed by atoms with Crippen molar-refractivity contribution in [2.75, 3.05) is 13.2 Å². The van der Waals surface area contributed by atoms with Crippen LogP contribution < -0.4 is 5.73 Å². The van der Waals surface area contributed by atoms with Gasteiger partial charge in [0.25, 0.3) is 6.02 Å². The van der Waals surface area contributed by atoms with Crippen molar-refractivity contribution >= 4 is 6.02 Å². The smallest absolute Gasteiger partial charge is 0.416 e. The highest BCUT2D eigenvalue weighted by molar-refractivity contribution is 5.72. The van der Waals surface area contributed by atoms with E-state index in [0.29, 0.717) is 18.2 Å². The zero-order valence-corrected chi connectivity index (χ0v) is 9.29. The SMILES string of the molecule is Cc1cccc(C(F)(F)F)c1.NC1=NCCO1. The number of benzene rings is 1. The molecule has 1 aliphatic rings. The quantitative estimate of drug-likeness (QED) is 0.763. The van der Waals surface area contributed by atoms with Crippen molar-refractivity contribution in [3.63, 3.8) is 0 Å². The molecule has 0 saturated carbocycles. The molecule has 3 nitrogen and oxygen atoms in total. The number of amidine groups is 1. The van der Waals surface area contributed by atoms with E-state index in [9.17, 15) is 13.2 Å². The summed E-state index contributed by atoms with van der Waals surface area (Å²) in [6.45, 7) is 3.02. The van der Waals surface area contributed by atoms with E-state index < -0.39 is 11.7 Å². The standard InChI is InChI=1S/C8H7F3.C3H6N2O/c1-6-3-2-4-7(5-6)8(9,10)11;4-3-5-1-2-6-3/h2-5H,1H3;1-2H2,(H2,4,5). The molecule has 0 aliphatic carbocycles. The Hall–Kier alpha value is -1.72. The van der Waals surface area contributed by atoms with Crippen LogP contribution in [0.25, 0.3) is 0 Å². The van der Waals surface area contributed by atoms with Gasteiger partial charge in [0.2, 0.25) is 0 Å². The van der Waals surface area contributed by atoms with E-state index in [-0.39, 0.29) is 0 Å². The highest BCUT2D eigenvalue weighted by atomic mass is 19.4. The summed E-state index contributed by atoms with van der Waals surface area (Å²) in [5, 5.41) is 0. The Morgan fingerprint density at radius 2 is 2.06 bits per heavy atom. The highest BCUT2D eigenvalue weighted by Crippen LogP contribution is 2.29. The summed E-state index contributed by atoms with van der Waals surface area (Å²) in [6, 6.07) is 5.55. The average molecular weight is 246 g/mol. The van der Waals surface area contributed by atoms with Gasteiger partial charge in [-0.1, -0.05) is 23.8 Å². The molecule has 17 heavy (non-hydrogen) atoms. The molecule has 1 heterocycles. The number of hydrogen-bond donors (Lipinski definition) is 1. The minimum atomic E-state index is -4.22. The first-order valence-electron chi connectivity index (χ1n) is 4.96. The minimum absolute atomic E-state index is 0.329. The molecule has 1 aromatic carbocycles. The molecule has 0 spiro atoms. The lowest BCUT2D eigenvalue weighted by atomic mass is 10.1. The van der Waals surface area contributed by atoms with Gasteiger partial charge < -0.3 is 10.5 Å². The number of aliphatic imine (C=N–C) groups is 1. The third kappa shape index (κ3) is 4.76. The van der Waals surface area contributed by atoms with E-state index in [0.717, 1.165) is 18.7 Å². The highest BCUT2D eigenvalue weighted by Gasteiger charge is 2.29. The van der Waals surface area contributed by atoms with Gasteiger partial charge in [-0.25, -0.2) is 4.99 Å². The van der Waals surface area contributed by atoms with Crippen LogP contribution in [0.3, 0.4) is 0 Å². The van der Waals surface area contributed by atoms with Gasteiger partial charge in [-0.3, -0.25) is 0 Å². The molecular weight excluding hydrogens is 233 g/mol. The van der Waals surface area contributed by atoms with Gasteiger partial charge in [0, 0.05) is 0 Å². The Morgan fingerprint density at radius 3 is 2.35 bits per heavy atom. The van der Waals surface area contributed by atoms with E-state index in [2.05, 4.69) is 9.73 Å².